The van der Waals surface area contributed by atoms with E-state index in [0.717, 1.165) is 41.0 Å². The van der Waals surface area contributed by atoms with Gasteiger partial charge in [-0.3, -0.25) is 4.72 Å². The van der Waals surface area contributed by atoms with Crippen LogP contribution < -0.4 is 4.72 Å². The molecule has 3 aromatic rings. The van der Waals surface area contributed by atoms with E-state index in [1.54, 1.807) is 0 Å². The van der Waals surface area contributed by atoms with Crippen LogP contribution in [0.4, 0.5) is 4.79 Å². The van der Waals surface area contributed by atoms with Crippen LogP contribution >= 0.6 is 11.9 Å². The van der Waals surface area contributed by atoms with Crippen molar-refractivity contribution in [2.24, 2.45) is 0 Å². The molecule has 0 aliphatic heterocycles. The van der Waals surface area contributed by atoms with E-state index in [-0.39, 0.29) is 6.03 Å². The third kappa shape index (κ3) is 5.12. The van der Waals surface area contributed by atoms with Crippen LogP contribution in [0.25, 0.3) is 11.0 Å². The average Bonchev–Trinajstić information content (AvgIpc) is 3.16. The van der Waals surface area contributed by atoms with Gasteiger partial charge in [-0.25, -0.2) is 9.78 Å². The van der Waals surface area contributed by atoms with Crippen LogP contribution in [0.2, 0.25) is 0 Å². The lowest BCUT2D eigenvalue weighted by Gasteiger charge is -2.34. The number of carbonyl (C=O) groups excluding carboxylic acids is 1. The summed E-state index contributed by atoms with van der Waals surface area (Å²) in [6.07, 6.45) is 6.57. The second-order valence-electron chi connectivity index (χ2n) is 7.76. The van der Waals surface area contributed by atoms with Crippen LogP contribution in [-0.2, 0) is 6.42 Å². The number of carbonyl (C=O) groups is 1. The van der Waals surface area contributed by atoms with Gasteiger partial charge in [-0.2, -0.15) is 0 Å². The number of benzene rings is 2. The maximum atomic E-state index is 13.1. The fourth-order valence-corrected chi connectivity index (χ4v) is 4.75. The summed E-state index contributed by atoms with van der Waals surface area (Å²) < 4.78 is 3.06. The van der Waals surface area contributed by atoms with Crippen LogP contribution in [0.5, 0.6) is 0 Å². The Hall–Kier alpha value is -2.47. The van der Waals surface area contributed by atoms with Crippen molar-refractivity contribution in [2.75, 3.05) is 6.54 Å². The fourth-order valence-electron chi connectivity index (χ4n) is 4.03. The summed E-state index contributed by atoms with van der Waals surface area (Å²) in [6, 6.07) is 16.6. The summed E-state index contributed by atoms with van der Waals surface area (Å²) in [5.41, 5.74) is 3.22. The molecule has 1 aromatic heterocycles. The van der Waals surface area contributed by atoms with Crippen molar-refractivity contribution < 1.29 is 4.79 Å². The summed E-state index contributed by atoms with van der Waals surface area (Å²) in [5, 5.41) is 0. The lowest BCUT2D eigenvalue weighted by Crippen LogP contribution is -2.46. The average molecular weight is 409 g/mol. The first-order valence-electron chi connectivity index (χ1n) is 10.4. The zero-order chi connectivity index (χ0) is 20.1. The number of fused-ring (bicyclic) bond motifs is 1. The smallest absolute Gasteiger partial charge is 0.327 e. The molecule has 1 aliphatic rings. The van der Waals surface area contributed by atoms with Crippen molar-refractivity contribution >= 4 is 29.0 Å². The van der Waals surface area contributed by atoms with E-state index in [1.807, 2.05) is 41.3 Å². The minimum atomic E-state index is -0.000447. The number of imidazole rings is 1. The highest BCUT2D eigenvalue weighted by molar-refractivity contribution is 7.98. The number of hydrogen-bond donors (Lipinski definition) is 2. The normalized spacial score (nSPS) is 14.8. The summed E-state index contributed by atoms with van der Waals surface area (Å²) in [4.78, 5) is 24.2. The van der Waals surface area contributed by atoms with Crippen LogP contribution in [0.3, 0.4) is 0 Å². The van der Waals surface area contributed by atoms with E-state index in [0.29, 0.717) is 12.6 Å². The molecule has 0 atom stereocenters. The predicted molar refractivity (Wildman–Crippen MR) is 119 cm³/mol. The first kappa shape index (κ1) is 19.8. The molecule has 29 heavy (non-hydrogen) atoms. The molecule has 2 aromatic carbocycles. The van der Waals surface area contributed by atoms with Crippen molar-refractivity contribution in [3.8, 4) is 0 Å². The summed E-state index contributed by atoms with van der Waals surface area (Å²) in [5.74, 6) is 0.936. The van der Waals surface area contributed by atoms with Crippen molar-refractivity contribution in [3.63, 3.8) is 0 Å². The first-order chi connectivity index (χ1) is 14.2. The molecule has 1 aliphatic carbocycles. The van der Waals surface area contributed by atoms with E-state index >= 15 is 0 Å². The second-order valence-corrected chi connectivity index (χ2v) is 8.64. The van der Waals surface area contributed by atoms with Crippen LogP contribution in [-0.4, -0.2) is 33.5 Å². The zero-order valence-electron chi connectivity index (χ0n) is 16.9. The first-order valence-corrected chi connectivity index (χ1v) is 11.2. The molecule has 6 heteroatoms. The van der Waals surface area contributed by atoms with Crippen molar-refractivity contribution in [3.05, 3.63) is 59.9 Å². The number of aromatic amines is 1. The van der Waals surface area contributed by atoms with Gasteiger partial charge in [0.05, 0.1) is 11.0 Å². The molecular formula is C23H28N4OS. The summed E-state index contributed by atoms with van der Waals surface area (Å²) >= 11 is 1.40. The zero-order valence-corrected chi connectivity index (χ0v) is 17.7. The summed E-state index contributed by atoms with van der Waals surface area (Å²) in [7, 11) is 0. The number of urea groups is 1. The maximum Gasteiger partial charge on any atom is 0.327 e. The highest BCUT2D eigenvalue weighted by Gasteiger charge is 2.25. The molecule has 0 saturated heterocycles. The number of nitrogens with one attached hydrogen (secondary N) is 2. The number of H-pyrrole nitrogens is 1. The third-order valence-electron chi connectivity index (χ3n) is 5.55. The van der Waals surface area contributed by atoms with Gasteiger partial charge in [0.1, 0.15) is 5.82 Å². The van der Waals surface area contributed by atoms with Gasteiger partial charge in [-0.15, -0.1) is 0 Å². The molecule has 1 fully saturated rings. The van der Waals surface area contributed by atoms with Gasteiger partial charge >= 0.3 is 6.03 Å². The molecule has 2 amide bonds. The molecule has 1 heterocycles. The Morgan fingerprint density at radius 2 is 2.00 bits per heavy atom. The largest absolute Gasteiger partial charge is 0.342 e. The van der Waals surface area contributed by atoms with E-state index in [9.17, 15) is 4.79 Å². The fraction of sp³-hybridized carbons (Fsp3) is 0.391. The molecule has 4 rings (SSSR count). The number of aromatic nitrogens is 2. The second kappa shape index (κ2) is 9.35. The highest BCUT2D eigenvalue weighted by Crippen LogP contribution is 2.24. The van der Waals surface area contributed by atoms with E-state index in [1.165, 1.54) is 36.8 Å². The van der Waals surface area contributed by atoms with Crippen molar-refractivity contribution in [2.45, 2.75) is 56.4 Å². The lowest BCUT2D eigenvalue weighted by atomic mass is 9.94. The Kier molecular flexibility index (Phi) is 6.39. The van der Waals surface area contributed by atoms with E-state index in [4.69, 9.17) is 0 Å². The molecule has 2 N–H and O–H groups in total. The monoisotopic (exact) mass is 408 g/mol. The number of rotatable bonds is 6. The summed E-state index contributed by atoms with van der Waals surface area (Å²) in [6.45, 7) is 2.73. The standard InChI is InChI=1S/C23H28N4OS/c1-17-8-7-11-19(16-17)29-26-23(28)27(18-9-3-2-4-10-18)15-14-22-24-20-12-5-6-13-21(20)25-22/h5-8,11-13,16,18H,2-4,9-10,14-15H2,1H3,(H,24,25)(H,26,28). The van der Waals surface area contributed by atoms with Gasteiger partial charge in [0.15, 0.2) is 0 Å². The Labute approximate surface area is 176 Å². The Bertz CT molecular complexity index is 931. The predicted octanol–water partition coefficient (Wildman–Crippen LogP) is 5.47. The molecule has 0 unspecified atom stereocenters. The van der Waals surface area contributed by atoms with Crippen molar-refractivity contribution in [1.29, 1.82) is 0 Å². The SMILES string of the molecule is Cc1cccc(SNC(=O)N(CCc2nc3ccccc3[nH]2)C2CCCCC2)c1. The van der Waals surface area contributed by atoms with Gasteiger partial charge in [0.25, 0.3) is 0 Å². The van der Waals surface area contributed by atoms with E-state index < -0.39 is 0 Å². The topological polar surface area (TPSA) is 61.0 Å². The molecule has 0 bridgehead atoms. The van der Waals surface area contributed by atoms with Crippen LogP contribution in [0.1, 0.15) is 43.5 Å². The minimum absolute atomic E-state index is 0.000447. The molecule has 1 saturated carbocycles. The Morgan fingerprint density at radius 3 is 2.79 bits per heavy atom. The van der Waals surface area contributed by atoms with Gasteiger partial charge < -0.3 is 9.88 Å². The van der Waals surface area contributed by atoms with E-state index in [2.05, 4.69) is 33.7 Å². The van der Waals surface area contributed by atoms with Crippen LogP contribution in [0, 0.1) is 6.92 Å². The maximum absolute atomic E-state index is 13.1. The Balaban J connectivity index is 1.42. The minimum Gasteiger partial charge on any atom is -0.342 e. The number of nitrogens with zero attached hydrogens (tertiary/aromatic N) is 2. The van der Waals surface area contributed by atoms with Crippen LogP contribution in [0.15, 0.2) is 53.4 Å². The highest BCUT2D eigenvalue weighted by atomic mass is 32.2. The number of amides is 2. The molecular weight excluding hydrogens is 380 g/mol. The quantitative estimate of drug-likeness (QED) is 0.532. The third-order valence-corrected chi connectivity index (χ3v) is 6.32. The van der Waals surface area contributed by atoms with Crippen molar-refractivity contribution in [1.82, 2.24) is 19.6 Å². The molecule has 152 valence electrons. The van der Waals surface area contributed by atoms with Gasteiger partial charge in [0, 0.05) is 23.9 Å². The number of para-hydroxylation sites is 2. The van der Waals surface area contributed by atoms with Gasteiger partial charge in [-0.05, 0) is 61.5 Å². The molecule has 0 spiro atoms. The van der Waals surface area contributed by atoms with Gasteiger partial charge in [0.2, 0.25) is 0 Å². The molecule has 5 nitrogen and oxygen atoms in total. The van der Waals surface area contributed by atoms with Gasteiger partial charge in [-0.1, -0.05) is 43.5 Å². The number of hydrogen-bond acceptors (Lipinski definition) is 3. The Morgan fingerprint density at radius 1 is 1.17 bits per heavy atom. The number of aryl methyl sites for hydroxylation is 1. The lowest BCUT2D eigenvalue weighted by molar-refractivity contribution is 0.161. The molecule has 0 radical (unpaired) electrons.